The van der Waals surface area contributed by atoms with Crippen LogP contribution in [0.15, 0.2) is 41.7 Å². The van der Waals surface area contributed by atoms with Gasteiger partial charge in [0.05, 0.1) is 15.7 Å². The fourth-order valence-corrected chi connectivity index (χ4v) is 4.76. The summed E-state index contributed by atoms with van der Waals surface area (Å²) in [6.07, 6.45) is 2.60. The van der Waals surface area contributed by atoms with Crippen molar-refractivity contribution in [3.8, 4) is 11.5 Å². The molecule has 0 atom stereocenters. The van der Waals surface area contributed by atoms with Crippen LogP contribution in [0.3, 0.4) is 0 Å². The lowest BCUT2D eigenvalue weighted by atomic mass is 10.3. The highest BCUT2D eigenvalue weighted by Gasteiger charge is 2.24. The molecule has 1 amide bonds. The molecule has 9 nitrogen and oxygen atoms in total. The molecule has 0 spiro atoms. The number of aromatic nitrogens is 3. The number of carbonyl (C=O) groups excluding carboxylic acids is 1. The van der Waals surface area contributed by atoms with Gasteiger partial charge in [-0.2, -0.15) is 0 Å². The molecule has 1 aliphatic rings. The highest BCUT2D eigenvalue weighted by Crippen LogP contribution is 2.38. The van der Waals surface area contributed by atoms with Crippen LogP contribution in [0, 0.1) is 0 Å². The summed E-state index contributed by atoms with van der Waals surface area (Å²) in [5, 5.41) is 2.89. The molecule has 29 heavy (non-hydrogen) atoms. The standard InChI is InChI=1S/C18H14N4O5S2/c1-29(24,25)18-20-15(11-4-2-3-5-22(11)18)16(23)21-17-19-10-8-12-13(9-14(10)28-17)27-7-6-26-12/h2-5,8-9H,6-7H2,1H3,(H,19,21,23). The Kier molecular flexibility index (Phi) is 3.96. The first-order valence-corrected chi connectivity index (χ1v) is 11.3. The van der Waals surface area contributed by atoms with Gasteiger partial charge in [0.15, 0.2) is 22.3 Å². The minimum atomic E-state index is -3.61. The van der Waals surface area contributed by atoms with Gasteiger partial charge in [-0.25, -0.2) is 18.4 Å². The molecule has 3 aromatic heterocycles. The number of hydrogen-bond acceptors (Lipinski definition) is 8. The summed E-state index contributed by atoms with van der Waals surface area (Å²) in [4.78, 5) is 21.3. The van der Waals surface area contributed by atoms with Crippen molar-refractivity contribution < 1.29 is 22.7 Å². The lowest BCUT2D eigenvalue weighted by Gasteiger charge is -2.17. The number of benzene rings is 1. The summed E-state index contributed by atoms with van der Waals surface area (Å²) >= 11 is 1.28. The van der Waals surface area contributed by atoms with Gasteiger partial charge in [0.25, 0.3) is 5.91 Å². The molecule has 0 saturated heterocycles. The van der Waals surface area contributed by atoms with E-state index in [-0.39, 0.29) is 10.9 Å². The van der Waals surface area contributed by atoms with Gasteiger partial charge in [0.2, 0.25) is 15.0 Å². The second kappa shape index (κ2) is 6.42. The van der Waals surface area contributed by atoms with Gasteiger partial charge in [0, 0.05) is 24.6 Å². The Bertz CT molecular complexity index is 1350. The SMILES string of the molecule is CS(=O)(=O)c1nc(C(=O)Nc2nc3cc4c(cc3s2)OCCO4)c2ccccn12. The summed E-state index contributed by atoms with van der Waals surface area (Å²) in [7, 11) is -3.61. The van der Waals surface area contributed by atoms with Crippen LogP contribution in [0.1, 0.15) is 10.5 Å². The normalized spacial score (nSPS) is 13.7. The fraction of sp³-hybridized carbons (Fsp3) is 0.167. The van der Waals surface area contributed by atoms with E-state index in [1.165, 1.54) is 15.7 Å². The van der Waals surface area contributed by atoms with Gasteiger partial charge in [-0.05, 0) is 12.1 Å². The zero-order chi connectivity index (χ0) is 20.2. The molecular formula is C18H14N4O5S2. The maximum Gasteiger partial charge on any atom is 0.278 e. The summed E-state index contributed by atoms with van der Waals surface area (Å²) in [6, 6.07) is 8.61. The lowest BCUT2D eigenvalue weighted by molar-refractivity contribution is 0.102. The molecule has 0 radical (unpaired) electrons. The maximum atomic E-state index is 12.8. The first-order valence-electron chi connectivity index (χ1n) is 8.59. The smallest absolute Gasteiger partial charge is 0.278 e. The van der Waals surface area contributed by atoms with Gasteiger partial charge in [0.1, 0.15) is 13.2 Å². The highest BCUT2D eigenvalue weighted by molar-refractivity contribution is 7.90. The Morgan fingerprint density at radius 1 is 1.17 bits per heavy atom. The monoisotopic (exact) mass is 430 g/mol. The third kappa shape index (κ3) is 3.08. The number of ether oxygens (including phenoxy) is 2. The molecule has 0 fully saturated rings. The van der Waals surface area contributed by atoms with Crippen LogP contribution in [-0.2, 0) is 9.84 Å². The molecule has 4 heterocycles. The molecule has 0 bridgehead atoms. The van der Waals surface area contributed by atoms with E-state index in [4.69, 9.17) is 9.47 Å². The lowest BCUT2D eigenvalue weighted by Crippen LogP contribution is -2.15. The molecule has 148 valence electrons. The Morgan fingerprint density at radius 3 is 2.69 bits per heavy atom. The van der Waals surface area contributed by atoms with E-state index in [0.29, 0.717) is 40.9 Å². The minimum absolute atomic E-state index is 0.0104. The number of carbonyl (C=O) groups is 1. The van der Waals surface area contributed by atoms with E-state index in [2.05, 4.69) is 15.3 Å². The molecule has 11 heteroatoms. The van der Waals surface area contributed by atoms with Crippen LogP contribution >= 0.6 is 11.3 Å². The average molecular weight is 430 g/mol. The number of nitrogens with zero attached hydrogens (tertiary/aromatic N) is 3. The van der Waals surface area contributed by atoms with E-state index < -0.39 is 15.7 Å². The van der Waals surface area contributed by atoms with Crippen LogP contribution in [-0.4, -0.2) is 48.2 Å². The Labute approximate surface area is 168 Å². The van der Waals surface area contributed by atoms with Crippen molar-refractivity contribution in [2.24, 2.45) is 0 Å². The molecule has 0 saturated carbocycles. The molecule has 1 aliphatic heterocycles. The van der Waals surface area contributed by atoms with E-state index in [1.54, 1.807) is 30.5 Å². The van der Waals surface area contributed by atoms with Gasteiger partial charge in [-0.15, -0.1) is 0 Å². The van der Waals surface area contributed by atoms with Crippen LogP contribution in [0.4, 0.5) is 5.13 Å². The zero-order valence-corrected chi connectivity index (χ0v) is 16.7. The van der Waals surface area contributed by atoms with Crippen LogP contribution in [0.25, 0.3) is 15.7 Å². The second-order valence-electron chi connectivity index (χ2n) is 6.41. The number of fused-ring (bicyclic) bond motifs is 3. The third-order valence-electron chi connectivity index (χ3n) is 4.34. The number of rotatable bonds is 3. The topological polar surface area (TPSA) is 112 Å². The molecule has 0 aliphatic carbocycles. The van der Waals surface area contributed by atoms with Crippen LogP contribution in [0.5, 0.6) is 11.5 Å². The molecule has 1 aromatic carbocycles. The van der Waals surface area contributed by atoms with Crippen molar-refractivity contribution in [1.82, 2.24) is 14.4 Å². The quantitative estimate of drug-likeness (QED) is 0.531. The first-order chi connectivity index (χ1) is 13.9. The molecule has 5 rings (SSSR count). The highest BCUT2D eigenvalue weighted by atomic mass is 32.2. The van der Waals surface area contributed by atoms with E-state index in [9.17, 15) is 13.2 Å². The average Bonchev–Trinajstić information content (AvgIpc) is 3.26. The number of pyridine rings is 1. The Hall–Kier alpha value is -3.18. The van der Waals surface area contributed by atoms with Crippen molar-refractivity contribution in [3.63, 3.8) is 0 Å². The number of amides is 1. The van der Waals surface area contributed by atoms with Gasteiger partial charge >= 0.3 is 0 Å². The Morgan fingerprint density at radius 2 is 1.93 bits per heavy atom. The zero-order valence-electron chi connectivity index (χ0n) is 15.1. The number of imidazole rings is 1. The van der Waals surface area contributed by atoms with Gasteiger partial charge in [-0.3, -0.25) is 14.5 Å². The molecule has 4 aromatic rings. The van der Waals surface area contributed by atoms with Crippen molar-refractivity contribution in [2.75, 3.05) is 24.8 Å². The maximum absolute atomic E-state index is 12.8. The number of nitrogens with one attached hydrogen (secondary N) is 1. The largest absolute Gasteiger partial charge is 0.486 e. The summed E-state index contributed by atoms with van der Waals surface area (Å²) < 4.78 is 37.4. The van der Waals surface area contributed by atoms with Crippen molar-refractivity contribution >= 4 is 47.9 Å². The fourth-order valence-electron chi connectivity index (χ4n) is 3.11. The molecule has 1 N–H and O–H groups in total. The second-order valence-corrected chi connectivity index (χ2v) is 9.35. The van der Waals surface area contributed by atoms with Crippen LogP contribution in [0.2, 0.25) is 0 Å². The number of thiazole rings is 1. The van der Waals surface area contributed by atoms with E-state index in [0.717, 1.165) is 11.0 Å². The molecular weight excluding hydrogens is 416 g/mol. The first kappa shape index (κ1) is 17.9. The van der Waals surface area contributed by atoms with Crippen molar-refractivity contribution in [1.29, 1.82) is 0 Å². The Balaban J connectivity index is 1.52. The van der Waals surface area contributed by atoms with Gasteiger partial charge in [-0.1, -0.05) is 17.4 Å². The summed E-state index contributed by atoms with van der Waals surface area (Å²) in [5.74, 6) is 0.716. The predicted molar refractivity (Wildman–Crippen MR) is 107 cm³/mol. The number of hydrogen-bond donors (Lipinski definition) is 1. The summed E-state index contributed by atoms with van der Waals surface area (Å²) in [6.45, 7) is 0.958. The van der Waals surface area contributed by atoms with Crippen molar-refractivity contribution in [2.45, 2.75) is 5.16 Å². The predicted octanol–water partition coefficient (Wildman–Crippen LogP) is 2.37. The van der Waals surface area contributed by atoms with E-state index >= 15 is 0 Å². The number of sulfone groups is 1. The van der Waals surface area contributed by atoms with Crippen molar-refractivity contribution in [3.05, 3.63) is 42.2 Å². The summed E-state index contributed by atoms with van der Waals surface area (Å²) in [5.41, 5.74) is 1.07. The number of anilines is 1. The molecule has 0 unspecified atom stereocenters. The van der Waals surface area contributed by atoms with Gasteiger partial charge < -0.3 is 9.47 Å². The minimum Gasteiger partial charge on any atom is -0.486 e. The third-order valence-corrected chi connectivity index (χ3v) is 6.22. The van der Waals surface area contributed by atoms with E-state index in [1.807, 2.05) is 6.07 Å². The van der Waals surface area contributed by atoms with Crippen LogP contribution < -0.4 is 14.8 Å².